The standard InChI is InChI=1S/C76H96N8O9/c1-5-63(77-3)68(87)50-62-56(52-79-51-54-28-17-12-18-29-54)39-42-60-44-47-66(84(60)74(62)92)73(91)82-76(57-30-19-13-20-31-57,58-32-21-14-22-33-58)69(88)35-25-49-80-70(89)36-24-10-8-7-9-23-34-61(85)45-40-55-38-41-59-43-46-65(67(86)48-37-53-26-15-11-16-27-53)83(59)75(93)71(55)81-72(90)64(6-2)78-4/h11-22,26-33,55-56,59-60,62-66,71,77-79H,5-6,23-25,34-52H2,1-4H3,(H,80,89)(H,81,90)(H,82,91)/t55-,56-,59+,60+,62+,63+,64+,65+,66+,71+/m1/s1. The van der Waals surface area contributed by atoms with E-state index in [4.69, 9.17) is 0 Å². The van der Waals surface area contributed by atoms with Crippen LogP contribution in [0.1, 0.15) is 165 Å². The van der Waals surface area contributed by atoms with Gasteiger partial charge < -0.3 is 41.7 Å². The first-order chi connectivity index (χ1) is 45.2. The molecule has 5 amide bonds. The highest BCUT2D eigenvalue weighted by atomic mass is 16.2. The Labute approximate surface area is 550 Å². The molecule has 0 spiro atoms. The number of carbonyl (C=O) groups is 9. The molecule has 0 aromatic heterocycles. The number of ketones is 4. The summed E-state index contributed by atoms with van der Waals surface area (Å²) < 4.78 is 0. The van der Waals surface area contributed by atoms with Crippen LogP contribution in [0.25, 0.3) is 0 Å². The Hall–Kier alpha value is -8.09. The Morgan fingerprint density at radius 1 is 0.591 bits per heavy atom. The lowest BCUT2D eigenvalue weighted by Gasteiger charge is -2.38. The molecule has 4 fully saturated rings. The Morgan fingerprint density at radius 2 is 1.14 bits per heavy atom. The van der Waals surface area contributed by atoms with Crippen molar-refractivity contribution >= 4 is 52.7 Å². The Bertz CT molecular complexity index is 3260. The van der Waals surface area contributed by atoms with Gasteiger partial charge in [0.15, 0.2) is 17.3 Å². The number of fused-ring (bicyclic) bond motifs is 2. The van der Waals surface area contributed by atoms with E-state index >= 15 is 14.4 Å². The minimum Gasteiger partial charge on any atom is -0.356 e. The van der Waals surface area contributed by atoms with Gasteiger partial charge in [0, 0.05) is 82.5 Å². The Kier molecular flexibility index (Phi) is 27.3. The summed E-state index contributed by atoms with van der Waals surface area (Å²) >= 11 is 0. The number of rotatable bonds is 33. The highest BCUT2D eigenvalue weighted by Crippen LogP contribution is 2.41. The van der Waals surface area contributed by atoms with Crippen molar-refractivity contribution in [2.45, 2.75) is 203 Å². The van der Waals surface area contributed by atoms with Gasteiger partial charge in [-0.15, -0.1) is 0 Å². The van der Waals surface area contributed by atoms with E-state index in [0.29, 0.717) is 101 Å². The molecule has 4 heterocycles. The van der Waals surface area contributed by atoms with E-state index in [-0.39, 0.29) is 129 Å². The average molecular weight is 1270 g/mol. The largest absolute Gasteiger partial charge is 0.356 e. The van der Waals surface area contributed by atoms with Gasteiger partial charge in [0.05, 0.1) is 18.1 Å². The van der Waals surface area contributed by atoms with Gasteiger partial charge in [-0.1, -0.05) is 147 Å². The van der Waals surface area contributed by atoms with Crippen molar-refractivity contribution in [3.05, 3.63) is 144 Å². The summed E-state index contributed by atoms with van der Waals surface area (Å²) in [6.45, 7) is 5.18. The zero-order chi connectivity index (χ0) is 66.1. The molecule has 4 aliphatic rings. The van der Waals surface area contributed by atoms with Crippen LogP contribution in [0, 0.1) is 41.4 Å². The number of likely N-dealkylation sites (N-methyl/N-ethyl adjacent to an activating group) is 2. The van der Waals surface area contributed by atoms with Crippen molar-refractivity contribution in [3.8, 4) is 23.7 Å². The van der Waals surface area contributed by atoms with Crippen molar-refractivity contribution in [2.75, 3.05) is 27.2 Å². The van der Waals surface area contributed by atoms with Gasteiger partial charge in [0.2, 0.25) is 29.5 Å². The predicted octanol–water partition coefficient (Wildman–Crippen LogP) is 8.02. The quantitative estimate of drug-likeness (QED) is 0.0197. The van der Waals surface area contributed by atoms with Crippen molar-refractivity contribution < 1.29 is 43.2 Å². The molecule has 0 saturated carbocycles. The van der Waals surface area contributed by atoms with E-state index < -0.39 is 47.6 Å². The van der Waals surface area contributed by atoms with Crippen molar-refractivity contribution in [3.63, 3.8) is 0 Å². The van der Waals surface area contributed by atoms with E-state index in [1.54, 1.807) is 23.9 Å². The molecule has 10 atom stereocenters. The molecule has 0 aliphatic carbocycles. The van der Waals surface area contributed by atoms with Crippen LogP contribution in [-0.2, 0) is 61.7 Å². The number of hydrogen-bond donors (Lipinski definition) is 6. The third kappa shape index (κ3) is 18.8. The lowest BCUT2D eigenvalue weighted by Crippen LogP contribution is -2.58. The summed E-state index contributed by atoms with van der Waals surface area (Å²) in [6, 6.07) is 34.7. The third-order valence-electron chi connectivity index (χ3n) is 19.7. The summed E-state index contributed by atoms with van der Waals surface area (Å²) in [6.07, 6.45) is 8.86. The summed E-state index contributed by atoms with van der Waals surface area (Å²) in [5, 5.41) is 18.9. The predicted molar refractivity (Wildman–Crippen MR) is 359 cm³/mol. The average Bonchev–Trinajstić information content (AvgIpc) is 1.71. The highest BCUT2D eigenvalue weighted by molar-refractivity contribution is 6.00. The van der Waals surface area contributed by atoms with E-state index in [1.807, 2.05) is 135 Å². The summed E-state index contributed by atoms with van der Waals surface area (Å²) in [5.41, 5.74) is 1.67. The van der Waals surface area contributed by atoms with Crippen LogP contribution < -0.4 is 31.9 Å². The second kappa shape index (κ2) is 35.8. The molecule has 17 nitrogen and oxygen atoms in total. The molecule has 4 aromatic rings. The molecule has 494 valence electrons. The number of benzene rings is 4. The first-order valence-electron chi connectivity index (χ1n) is 34.0. The lowest BCUT2D eigenvalue weighted by molar-refractivity contribution is -0.146. The number of hydrogen-bond acceptors (Lipinski definition) is 12. The maximum absolute atomic E-state index is 15.2. The van der Waals surface area contributed by atoms with Crippen LogP contribution in [-0.4, -0.2) is 132 Å². The molecule has 0 unspecified atom stereocenters. The molecule has 4 aromatic carbocycles. The Morgan fingerprint density at radius 3 is 1.74 bits per heavy atom. The van der Waals surface area contributed by atoms with Crippen LogP contribution >= 0.6 is 0 Å². The van der Waals surface area contributed by atoms with Crippen molar-refractivity contribution in [2.24, 2.45) is 17.8 Å². The zero-order valence-electron chi connectivity index (χ0n) is 54.9. The van der Waals surface area contributed by atoms with Crippen molar-refractivity contribution in [1.82, 2.24) is 41.7 Å². The molecular formula is C76H96N8O9. The maximum atomic E-state index is 15.2. The van der Waals surface area contributed by atoms with Gasteiger partial charge in [-0.05, 0) is 150 Å². The minimum atomic E-state index is -1.64. The smallest absolute Gasteiger partial charge is 0.246 e. The topological polar surface area (TPSA) is 232 Å². The van der Waals surface area contributed by atoms with Gasteiger partial charge in [0.1, 0.15) is 23.4 Å². The first kappa shape index (κ1) is 70.8. The number of amides is 5. The maximum Gasteiger partial charge on any atom is 0.246 e. The molecule has 0 bridgehead atoms. The van der Waals surface area contributed by atoms with Crippen LogP contribution in [0.3, 0.4) is 0 Å². The molecule has 4 saturated heterocycles. The molecule has 4 aliphatic heterocycles. The summed E-state index contributed by atoms with van der Waals surface area (Å²) in [5.74, 6) is 8.67. The fourth-order valence-corrected chi connectivity index (χ4v) is 14.5. The van der Waals surface area contributed by atoms with E-state index in [2.05, 4.69) is 55.6 Å². The fraction of sp³-hybridized carbons (Fsp3) is 0.513. The van der Waals surface area contributed by atoms with E-state index in [0.717, 1.165) is 17.5 Å². The normalized spacial score (nSPS) is 21.6. The summed E-state index contributed by atoms with van der Waals surface area (Å²) in [7, 11) is 3.46. The van der Waals surface area contributed by atoms with E-state index in [1.165, 1.54) is 0 Å². The second-order valence-corrected chi connectivity index (χ2v) is 25.5. The number of nitrogens with zero attached hydrogens (tertiary/aromatic N) is 2. The highest BCUT2D eigenvalue weighted by Gasteiger charge is 2.51. The monoisotopic (exact) mass is 1260 g/mol. The van der Waals surface area contributed by atoms with Crippen molar-refractivity contribution in [1.29, 1.82) is 0 Å². The number of aryl methyl sites for hydroxylation is 1. The van der Waals surface area contributed by atoms with Crippen LogP contribution in [0.5, 0.6) is 0 Å². The van der Waals surface area contributed by atoms with Gasteiger partial charge in [-0.2, -0.15) is 0 Å². The zero-order valence-corrected chi connectivity index (χ0v) is 54.9. The lowest BCUT2D eigenvalue weighted by atomic mass is 9.77. The number of nitrogens with one attached hydrogen (secondary N) is 6. The van der Waals surface area contributed by atoms with Crippen LogP contribution in [0.4, 0.5) is 0 Å². The SMILES string of the molecule is CC[C@H](NC)C(=O)C[C@@H]1C(=O)N2[C@@H](CC[C@@H]1CNCc1ccccc1)CC[C@H]2C(=O)NC(C(=O)CCCNC(=O)CCC#CC#CCCC(=O)CC[C@H]1CC[C@H]2CC[C@@H](C(=O)CCc3ccccc3)N2C(=O)[C@H]1NC(=O)[C@H](CC)NC)(c1ccccc1)c1ccccc1. The minimum absolute atomic E-state index is 0.00159. The van der Waals surface area contributed by atoms with Gasteiger partial charge >= 0.3 is 0 Å². The Balaban J connectivity index is 0.828. The van der Waals surface area contributed by atoms with Gasteiger partial charge in [-0.25, -0.2) is 0 Å². The molecule has 0 radical (unpaired) electrons. The third-order valence-corrected chi connectivity index (χ3v) is 19.7. The van der Waals surface area contributed by atoms with Crippen LogP contribution in [0.2, 0.25) is 0 Å². The number of Topliss-reactive ketones (excluding diaryl/α,β-unsaturated/α-hetero) is 4. The molecule has 8 rings (SSSR count). The van der Waals surface area contributed by atoms with E-state index in [9.17, 15) is 28.8 Å². The number of carbonyl (C=O) groups excluding carboxylic acids is 9. The van der Waals surface area contributed by atoms with Gasteiger partial charge in [0.25, 0.3) is 0 Å². The van der Waals surface area contributed by atoms with Crippen LogP contribution in [0.15, 0.2) is 121 Å². The molecule has 17 heteroatoms. The fourth-order valence-electron chi connectivity index (χ4n) is 14.5. The first-order valence-corrected chi connectivity index (χ1v) is 34.0. The molecular weight excluding hydrogens is 1170 g/mol. The molecule has 93 heavy (non-hydrogen) atoms. The molecule has 6 N–H and O–H groups in total. The summed E-state index contributed by atoms with van der Waals surface area (Å²) in [4.78, 5) is 131. The van der Waals surface area contributed by atoms with Gasteiger partial charge in [-0.3, -0.25) is 43.2 Å². The second-order valence-electron chi connectivity index (χ2n) is 25.5.